The Balaban J connectivity index is 1.87. The molecule has 1 atom stereocenters. The van der Waals surface area contributed by atoms with E-state index in [9.17, 15) is 4.79 Å². The van der Waals surface area contributed by atoms with E-state index in [4.69, 9.17) is 10.5 Å². The summed E-state index contributed by atoms with van der Waals surface area (Å²) in [4.78, 5) is 14.0. The number of hydrogen-bond acceptors (Lipinski definition) is 3. The van der Waals surface area contributed by atoms with Gasteiger partial charge >= 0.3 is 0 Å². The Kier molecular flexibility index (Phi) is 3.50. The fourth-order valence-corrected chi connectivity index (χ4v) is 2.65. The Morgan fingerprint density at radius 2 is 2.25 bits per heavy atom. The van der Waals surface area contributed by atoms with Gasteiger partial charge < -0.3 is 15.4 Å². The van der Waals surface area contributed by atoms with Gasteiger partial charge in [0.2, 0.25) is 5.91 Å². The fourth-order valence-electron chi connectivity index (χ4n) is 2.65. The highest BCUT2D eigenvalue weighted by molar-refractivity contribution is 5.77. The van der Waals surface area contributed by atoms with Crippen molar-refractivity contribution < 1.29 is 9.53 Å². The van der Waals surface area contributed by atoms with Gasteiger partial charge in [-0.1, -0.05) is 0 Å². The number of ether oxygens (including phenoxy) is 1. The molecule has 2 N–H and O–H groups in total. The summed E-state index contributed by atoms with van der Waals surface area (Å²) >= 11 is 0. The van der Waals surface area contributed by atoms with Gasteiger partial charge in [0.15, 0.2) is 0 Å². The highest BCUT2D eigenvalue weighted by atomic mass is 16.5. The normalized spacial score (nSPS) is 28.6. The first-order valence-corrected chi connectivity index (χ1v) is 6.24. The molecule has 4 heteroatoms. The van der Waals surface area contributed by atoms with E-state index in [1.165, 1.54) is 6.42 Å². The van der Waals surface area contributed by atoms with E-state index in [0.717, 1.165) is 38.8 Å². The average molecular weight is 226 g/mol. The van der Waals surface area contributed by atoms with E-state index in [-0.39, 0.29) is 17.6 Å². The lowest BCUT2D eigenvalue weighted by atomic mass is 9.77. The summed E-state index contributed by atoms with van der Waals surface area (Å²) in [5.74, 6) is 0.219. The van der Waals surface area contributed by atoms with Crippen LogP contribution in [0.5, 0.6) is 0 Å². The zero-order valence-electron chi connectivity index (χ0n) is 10.1. The number of amides is 1. The molecule has 4 nitrogen and oxygen atoms in total. The molecular formula is C12H22N2O2. The van der Waals surface area contributed by atoms with Crippen LogP contribution in [0.1, 0.15) is 38.5 Å². The first-order chi connectivity index (χ1) is 7.65. The van der Waals surface area contributed by atoms with Crippen LogP contribution in [0.25, 0.3) is 0 Å². The molecule has 1 aliphatic heterocycles. The largest absolute Gasteiger partial charge is 0.378 e. The van der Waals surface area contributed by atoms with Crippen molar-refractivity contribution in [1.29, 1.82) is 0 Å². The molecule has 0 unspecified atom stereocenters. The number of nitrogens with zero attached hydrogens (tertiary/aromatic N) is 1. The first-order valence-electron chi connectivity index (χ1n) is 6.24. The molecule has 16 heavy (non-hydrogen) atoms. The fraction of sp³-hybridized carbons (Fsp3) is 0.917. The molecule has 92 valence electrons. The van der Waals surface area contributed by atoms with Crippen LogP contribution in [-0.2, 0) is 9.53 Å². The van der Waals surface area contributed by atoms with Gasteiger partial charge in [-0.2, -0.15) is 0 Å². The third-order valence-corrected chi connectivity index (χ3v) is 3.98. The Hall–Kier alpha value is -0.610. The molecule has 0 bridgehead atoms. The van der Waals surface area contributed by atoms with Crippen molar-refractivity contribution in [3.63, 3.8) is 0 Å². The molecule has 1 aliphatic carbocycles. The van der Waals surface area contributed by atoms with Gasteiger partial charge in [-0.3, -0.25) is 4.79 Å². The molecule has 0 aromatic heterocycles. The predicted molar refractivity (Wildman–Crippen MR) is 62.0 cm³/mol. The zero-order chi connectivity index (χ0) is 11.6. The maximum atomic E-state index is 12.1. The van der Waals surface area contributed by atoms with Crippen LogP contribution in [0.2, 0.25) is 0 Å². The van der Waals surface area contributed by atoms with E-state index in [1.807, 2.05) is 4.90 Å². The molecule has 1 heterocycles. The van der Waals surface area contributed by atoms with Crippen LogP contribution in [0.15, 0.2) is 0 Å². The summed E-state index contributed by atoms with van der Waals surface area (Å²) in [6.45, 7) is 1.59. The molecule has 2 aliphatic rings. The van der Waals surface area contributed by atoms with Gasteiger partial charge in [0.25, 0.3) is 0 Å². The molecule has 0 aromatic rings. The predicted octanol–water partition coefficient (Wildman–Crippen LogP) is 0.895. The van der Waals surface area contributed by atoms with E-state index >= 15 is 0 Å². The second-order valence-electron chi connectivity index (χ2n) is 5.16. The molecule has 0 radical (unpaired) electrons. The lowest BCUT2D eigenvalue weighted by Crippen LogP contribution is -2.50. The van der Waals surface area contributed by atoms with Crippen LogP contribution in [0.4, 0.5) is 0 Å². The zero-order valence-corrected chi connectivity index (χ0v) is 10.1. The minimum Gasteiger partial charge on any atom is -0.378 e. The first kappa shape index (κ1) is 11.9. The van der Waals surface area contributed by atoms with Crippen molar-refractivity contribution in [2.75, 3.05) is 20.2 Å². The highest BCUT2D eigenvalue weighted by Crippen LogP contribution is 2.38. The number of likely N-dealkylation sites (tertiary alicyclic amines) is 1. The standard InChI is InChI=1S/C12H22N2O2/c1-16-12(5-3-6-12)8-11(15)14-7-2-4-10(13)9-14/h10H,2-9,13H2,1H3/t10-/m1/s1. The molecule has 1 saturated heterocycles. The number of nitrogens with two attached hydrogens (primary N) is 1. The van der Waals surface area contributed by atoms with Crippen LogP contribution in [-0.4, -0.2) is 42.6 Å². The number of carbonyl (C=O) groups is 1. The van der Waals surface area contributed by atoms with Crippen molar-refractivity contribution in [3.05, 3.63) is 0 Å². The monoisotopic (exact) mass is 226 g/mol. The van der Waals surface area contributed by atoms with Crippen molar-refractivity contribution >= 4 is 5.91 Å². The van der Waals surface area contributed by atoms with Gasteiger partial charge in [-0.05, 0) is 32.1 Å². The average Bonchev–Trinajstić information content (AvgIpc) is 2.23. The van der Waals surface area contributed by atoms with Crippen molar-refractivity contribution in [2.24, 2.45) is 5.73 Å². The lowest BCUT2D eigenvalue weighted by Gasteiger charge is -2.42. The minimum atomic E-state index is -0.154. The van der Waals surface area contributed by atoms with Gasteiger partial charge in [0.05, 0.1) is 12.0 Å². The number of rotatable bonds is 3. The molecule has 1 amide bonds. The van der Waals surface area contributed by atoms with E-state index in [2.05, 4.69) is 0 Å². The topological polar surface area (TPSA) is 55.6 Å². The summed E-state index contributed by atoms with van der Waals surface area (Å²) in [6, 6.07) is 0.164. The molecule has 2 rings (SSSR count). The Bertz CT molecular complexity index is 258. The van der Waals surface area contributed by atoms with E-state index in [1.54, 1.807) is 7.11 Å². The highest BCUT2D eigenvalue weighted by Gasteiger charge is 2.40. The maximum absolute atomic E-state index is 12.1. The smallest absolute Gasteiger partial charge is 0.225 e. The second-order valence-corrected chi connectivity index (χ2v) is 5.16. The Morgan fingerprint density at radius 3 is 2.75 bits per heavy atom. The van der Waals surface area contributed by atoms with Gasteiger partial charge in [-0.25, -0.2) is 0 Å². The summed E-state index contributed by atoms with van der Waals surface area (Å²) in [6.07, 6.45) is 5.84. The van der Waals surface area contributed by atoms with Crippen LogP contribution >= 0.6 is 0 Å². The van der Waals surface area contributed by atoms with Gasteiger partial charge in [0.1, 0.15) is 0 Å². The van der Waals surface area contributed by atoms with Gasteiger partial charge in [0, 0.05) is 26.2 Å². The SMILES string of the molecule is COC1(CC(=O)N2CCC[C@@H](N)C2)CCC1. The lowest BCUT2D eigenvalue weighted by molar-refractivity contribution is -0.145. The van der Waals surface area contributed by atoms with Crippen molar-refractivity contribution in [2.45, 2.75) is 50.2 Å². The molecular weight excluding hydrogens is 204 g/mol. The Morgan fingerprint density at radius 1 is 1.50 bits per heavy atom. The summed E-state index contributed by atoms with van der Waals surface area (Å²) in [5.41, 5.74) is 5.73. The molecule has 0 aromatic carbocycles. The maximum Gasteiger partial charge on any atom is 0.225 e. The third-order valence-electron chi connectivity index (χ3n) is 3.98. The minimum absolute atomic E-state index is 0.154. The summed E-state index contributed by atoms with van der Waals surface area (Å²) in [5, 5.41) is 0. The summed E-state index contributed by atoms with van der Waals surface area (Å²) < 4.78 is 5.48. The molecule has 0 spiro atoms. The number of piperidine rings is 1. The van der Waals surface area contributed by atoms with Crippen molar-refractivity contribution in [1.82, 2.24) is 4.90 Å². The number of methoxy groups -OCH3 is 1. The van der Waals surface area contributed by atoms with Crippen LogP contribution in [0.3, 0.4) is 0 Å². The van der Waals surface area contributed by atoms with Gasteiger partial charge in [-0.15, -0.1) is 0 Å². The summed E-state index contributed by atoms with van der Waals surface area (Å²) in [7, 11) is 1.72. The molecule has 1 saturated carbocycles. The third kappa shape index (κ3) is 2.38. The van der Waals surface area contributed by atoms with Crippen LogP contribution < -0.4 is 5.73 Å². The van der Waals surface area contributed by atoms with Crippen LogP contribution in [0, 0.1) is 0 Å². The van der Waals surface area contributed by atoms with Crippen molar-refractivity contribution in [3.8, 4) is 0 Å². The quantitative estimate of drug-likeness (QED) is 0.777. The number of hydrogen-bond donors (Lipinski definition) is 1. The van der Waals surface area contributed by atoms with E-state index in [0.29, 0.717) is 6.42 Å². The number of carbonyl (C=O) groups excluding carboxylic acids is 1. The Labute approximate surface area is 97.1 Å². The molecule has 2 fully saturated rings. The second kappa shape index (κ2) is 4.72. The van der Waals surface area contributed by atoms with E-state index < -0.39 is 0 Å².